The first-order valence-corrected chi connectivity index (χ1v) is 5.38. The van der Waals surface area contributed by atoms with E-state index in [1.807, 2.05) is 24.3 Å². The third-order valence-electron chi connectivity index (χ3n) is 2.45. The third kappa shape index (κ3) is 4.18. The summed E-state index contributed by atoms with van der Waals surface area (Å²) in [6.07, 6.45) is 0.862. The van der Waals surface area contributed by atoms with E-state index < -0.39 is 0 Å². The maximum absolute atomic E-state index is 8.85. The summed E-state index contributed by atoms with van der Waals surface area (Å²) in [5, 5.41) is 20.8. The maximum Gasteiger partial charge on any atom is 0.118 e. The molecule has 1 aromatic carbocycles. The maximum atomic E-state index is 8.85. The molecule has 0 fully saturated rings. The number of benzene rings is 1. The van der Waals surface area contributed by atoms with Gasteiger partial charge in [-0.1, -0.05) is 12.1 Å². The van der Waals surface area contributed by atoms with Crippen molar-refractivity contribution in [3.05, 3.63) is 29.8 Å². The summed E-state index contributed by atoms with van der Waals surface area (Å²) in [6, 6.07) is 7.63. The van der Waals surface area contributed by atoms with Crippen molar-refractivity contribution in [3.8, 4) is 5.75 Å². The first kappa shape index (κ1) is 13.0. The molecule has 0 aliphatic carbocycles. The Hall–Kier alpha value is -1.10. The van der Waals surface area contributed by atoms with Crippen LogP contribution in [-0.2, 0) is 6.42 Å². The van der Waals surface area contributed by atoms with E-state index in [9.17, 15) is 0 Å². The molecular formula is C12H19NO3. The van der Waals surface area contributed by atoms with E-state index in [-0.39, 0.29) is 19.3 Å². The lowest BCUT2D eigenvalue weighted by atomic mass is 10.1. The summed E-state index contributed by atoms with van der Waals surface area (Å²) < 4.78 is 5.06. The molecule has 0 spiro atoms. The fourth-order valence-electron chi connectivity index (χ4n) is 1.40. The Kier molecular flexibility index (Phi) is 5.85. The minimum absolute atomic E-state index is 0.0425. The quantitative estimate of drug-likeness (QED) is 0.619. The summed E-state index contributed by atoms with van der Waals surface area (Å²) in [5.41, 5.74) is 1.20. The molecule has 0 amide bonds. The highest BCUT2D eigenvalue weighted by atomic mass is 16.5. The standard InChI is InChI=1S/C12H19NO3/c1-16-12-4-2-10(3-5-12)6-7-13-11(8-14)9-15/h2-5,11,13-15H,6-9H2,1H3. The second kappa shape index (κ2) is 7.22. The van der Waals surface area contributed by atoms with Gasteiger partial charge in [0.05, 0.1) is 26.4 Å². The highest BCUT2D eigenvalue weighted by Gasteiger charge is 2.03. The van der Waals surface area contributed by atoms with Gasteiger partial charge in [0, 0.05) is 0 Å². The predicted molar refractivity (Wildman–Crippen MR) is 62.7 cm³/mol. The van der Waals surface area contributed by atoms with Crippen LogP contribution in [0.1, 0.15) is 5.56 Å². The van der Waals surface area contributed by atoms with Crippen molar-refractivity contribution >= 4 is 0 Å². The van der Waals surface area contributed by atoms with E-state index in [4.69, 9.17) is 14.9 Å². The van der Waals surface area contributed by atoms with Gasteiger partial charge in [0.1, 0.15) is 5.75 Å². The summed E-state index contributed by atoms with van der Waals surface area (Å²) in [4.78, 5) is 0. The van der Waals surface area contributed by atoms with Crippen LogP contribution in [0.2, 0.25) is 0 Å². The van der Waals surface area contributed by atoms with Crippen molar-refractivity contribution in [2.75, 3.05) is 26.9 Å². The zero-order valence-electron chi connectivity index (χ0n) is 9.52. The monoisotopic (exact) mass is 225 g/mol. The van der Waals surface area contributed by atoms with Crippen molar-refractivity contribution < 1.29 is 14.9 Å². The molecule has 0 aliphatic heterocycles. The van der Waals surface area contributed by atoms with Crippen molar-refractivity contribution in [1.82, 2.24) is 5.32 Å². The first-order chi connectivity index (χ1) is 7.80. The van der Waals surface area contributed by atoms with Gasteiger partial charge in [0.2, 0.25) is 0 Å². The van der Waals surface area contributed by atoms with Crippen LogP contribution in [0, 0.1) is 0 Å². The topological polar surface area (TPSA) is 61.7 Å². The zero-order chi connectivity index (χ0) is 11.8. The third-order valence-corrected chi connectivity index (χ3v) is 2.45. The molecule has 1 rings (SSSR count). The first-order valence-electron chi connectivity index (χ1n) is 5.38. The minimum Gasteiger partial charge on any atom is -0.497 e. The number of methoxy groups -OCH3 is 1. The van der Waals surface area contributed by atoms with Crippen LogP contribution in [0.3, 0.4) is 0 Å². The van der Waals surface area contributed by atoms with Crippen molar-refractivity contribution in [2.24, 2.45) is 0 Å². The second-order valence-electron chi connectivity index (χ2n) is 3.61. The minimum atomic E-state index is -0.224. The van der Waals surface area contributed by atoms with Gasteiger partial charge >= 0.3 is 0 Å². The van der Waals surface area contributed by atoms with Gasteiger partial charge in [-0.2, -0.15) is 0 Å². The number of hydrogen-bond acceptors (Lipinski definition) is 4. The summed E-state index contributed by atoms with van der Waals surface area (Å²) in [7, 11) is 1.64. The molecule has 0 atom stereocenters. The van der Waals surface area contributed by atoms with E-state index >= 15 is 0 Å². The molecule has 0 heterocycles. The SMILES string of the molecule is COc1ccc(CCNC(CO)CO)cc1. The van der Waals surface area contributed by atoms with Crippen LogP contribution in [0.4, 0.5) is 0 Å². The molecule has 4 heteroatoms. The van der Waals surface area contributed by atoms with Gasteiger partial charge in [0.15, 0.2) is 0 Å². The zero-order valence-corrected chi connectivity index (χ0v) is 9.52. The van der Waals surface area contributed by atoms with E-state index in [2.05, 4.69) is 5.32 Å². The van der Waals surface area contributed by atoms with E-state index in [0.29, 0.717) is 0 Å². The van der Waals surface area contributed by atoms with Crippen LogP contribution in [0.5, 0.6) is 5.75 Å². The lowest BCUT2D eigenvalue weighted by Gasteiger charge is -2.12. The average Bonchev–Trinajstić information content (AvgIpc) is 2.35. The van der Waals surface area contributed by atoms with Gasteiger partial charge < -0.3 is 20.3 Å². The summed E-state index contributed by atoms with van der Waals surface area (Å²) in [6.45, 7) is 0.649. The molecule has 0 saturated heterocycles. The Morgan fingerprint density at radius 3 is 2.31 bits per heavy atom. The summed E-state index contributed by atoms with van der Waals surface area (Å²) >= 11 is 0. The van der Waals surface area contributed by atoms with Crippen molar-refractivity contribution in [3.63, 3.8) is 0 Å². The highest BCUT2D eigenvalue weighted by molar-refractivity contribution is 5.27. The Labute approximate surface area is 95.9 Å². The number of aliphatic hydroxyl groups excluding tert-OH is 2. The molecular weight excluding hydrogens is 206 g/mol. The molecule has 0 aromatic heterocycles. The Morgan fingerprint density at radius 2 is 1.81 bits per heavy atom. The van der Waals surface area contributed by atoms with Crippen molar-refractivity contribution in [1.29, 1.82) is 0 Å². The fraction of sp³-hybridized carbons (Fsp3) is 0.500. The Bertz CT molecular complexity index is 283. The van der Waals surface area contributed by atoms with E-state index in [0.717, 1.165) is 18.7 Å². The fourth-order valence-corrected chi connectivity index (χ4v) is 1.40. The largest absolute Gasteiger partial charge is 0.497 e. The number of hydrogen-bond donors (Lipinski definition) is 3. The average molecular weight is 225 g/mol. The Balaban J connectivity index is 2.31. The molecule has 1 aromatic rings. The van der Waals surface area contributed by atoms with Crippen LogP contribution >= 0.6 is 0 Å². The molecule has 0 unspecified atom stereocenters. The molecule has 0 saturated carbocycles. The van der Waals surface area contributed by atoms with Gasteiger partial charge in [-0.25, -0.2) is 0 Å². The molecule has 0 bridgehead atoms. The smallest absolute Gasteiger partial charge is 0.118 e. The van der Waals surface area contributed by atoms with E-state index in [1.54, 1.807) is 7.11 Å². The van der Waals surface area contributed by atoms with Gasteiger partial charge in [-0.05, 0) is 30.7 Å². The Morgan fingerprint density at radius 1 is 1.19 bits per heavy atom. The number of ether oxygens (including phenoxy) is 1. The van der Waals surface area contributed by atoms with Crippen LogP contribution in [0.15, 0.2) is 24.3 Å². The van der Waals surface area contributed by atoms with Gasteiger partial charge in [-0.15, -0.1) is 0 Å². The van der Waals surface area contributed by atoms with Crippen LogP contribution in [-0.4, -0.2) is 43.1 Å². The van der Waals surface area contributed by atoms with Crippen molar-refractivity contribution in [2.45, 2.75) is 12.5 Å². The van der Waals surface area contributed by atoms with Gasteiger partial charge in [-0.3, -0.25) is 0 Å². The molecule has 90 valence electrons. The number of nitrogens with one attached hydrogen (secondary N) is 1. The van der Waals surface area contributed by atoms with Crippen LogP contribution in [0.25, 0.3) is 0 Å². The number of rotatable bonds is 7. The van der Waals surface area contributed by atoms with Gasteiger partial charge in [0.25, 0.3) is 0 Å². The molecule has 3 N–H and O–H groups in total. The normalized spacial score (nSPS) is 10.8. The highest BCUT2D eigenvalue weighted by Crippen LogP contribution is 2.11. The molecule has 16 heavy (non-hydrogen) atoms. The van der Waals surface area contributed by atoms with E-state index in [1.165, 1.54) is 5.56 Å². The molecule has 0 radical (unpaired) electrons. The predicted octanol–water partition coefficient (Wildman–Crippen LogP) is 0.181. The molecule has 4 nitrogen and oxygen atoms in total. The lowest BCUT2D eigenvalue weighted by molar-refractivity contribution is 0.171. The summed E-state index contributed by atoms with van der Waals surface area (Å²) in [5.74, 6) is 0.848. The second-order valence-corrected chi connectivity index (χ2v) is 3.61. The van der Waals surface area contributed by atoms with Crippen LogP contribution < -0.4 is 10.1 Å². The lowest BCUT2D eigenvalue weighted by Crippen LogP contribution is -2.36. The molecule has 0 aliphatic rings. The number of aliphatic hydroxyl groups is 2.